The van der Waals surface area contributed by atoms with Crippen molar-refractivity contribution in [1.29, 1.82) is 0 Å². The van der Waals surface area contributed by atoms with Crippen molar-refractivity contribution in [3.63, 3.8) is 0 Å². The molecule has 1 amide bonds. The summed E-state index contributed by atoms with van der Waals surface area (Å²) in [5.41, 5.74) is 2.24. The van der Waals surface area contributed by atoms with Crippen LogP contribution >= 0.6 is 11.3 Å². The lowest BCUT2D eigenvalue weighted by Gasteiger charge is -2.16. The lowest BCUT2D eigenvalue weighted by atomic mass is 10.1. The zero-order valence-electron chi connectivity index (χ0n) is 16.2. The summed E-state index contributed by atoms with van der Waals surface area (Å²) in [4.78, 5) is 17.1. The van der Waals surface area contributed by atoms with Crippen LogP contribution in [0.1, 0.15) is 27.4 Å². The van der Waals surface area contributed by atoms with Crippen molar-refractivity contribution in [2.24, 2.45) is 0 Å². The predicted octanol–water partition coefficient (Wildman–Crippen LogP) is 3.83. The Morgan fingerprint density at radius 1 is 1.18 bits per heavy atom. The first-order valence-corrected chi connectivity index (χ1v) is 10.8. The molecule has 0 saturated heterocycles. The first-order chi connectivity index (χ1) is 13.1. The Labute approximate surface area is 168 Å². The van der Waals surface area contributed by atoms with E-state index in [0.29, 0.717) is 16.5 Å². The van der Waals surface area contributed by atoms with E-state index in [1.54, 1.807) is 24.4 Å². The van der Waals surface area contributed by atoms with Gasteiger partial charge in [-0.2, -0.15) is 0 Å². The van der Waals surface area contributed by atoms with Crippen molar-refractivity contribution in [2.75, 3.05) is 19.4 Å². The van der Waals surface area contributed by atoms with Gasteiger partial charge in [0.15, 0.2) is 10.8 Å². The molecular formula is C19H21N3O4S2. The number of nitrogens with one attached hydrogen (secondary N) is 1. The van der Waals surface area contributed by atoms with Crippen LogP contribution in [0.5, 0.6) is 0 Å². The first-order valence-electron chi connectivity index (χ1n) is 8.47. The van der Waals surface area contributed by atoms with Crippen LogP contribution in [-0.4, -0.2) is 37.7 Å². The molecule has 0 spiro atoms. The quantitative estimate of drug-likeness (QED) is 0.678. The third-order valence-electron chi connectivity index (χ3n) is 4.36. The predicted molar refractivity (Wildman–Crippen MR) is 109 cm³/mol. The summed E-state index contributed by atoms with van der Waals surface area (Å²) in [7, 11) is -0.676. The summed E-state index contributed by atoms with van der Waals surface area (Å²) in [5, 5.41) is 5.03. The average molecular weight is 420 g/mol. The minimum atomic E-state index is -3.61. The SMILES string of the molecule is Cc1ccc(-c2nc(C(=O)Nc3cc(S(=O)(=O)N(C)C)cc(C)c3C)cs2)o1. The van der Waals surface area contributed by atoms with Crippen molar-refractivity contribution in [2.45, 2.75) is 25.7 Å². The van der Waals surface area contributed by atoms with Gasteiger partial charge in [-0.1, -0.05) is 0 Å². The molecule has 0 aliphatic rings. The molecule has 2 aromatic heterocycles. The van der Waals surface area contributed by atoms with Crippen LogP contribution in [0.15, 0.2) is 39.0 Å². The molecule has 28 heavy (non-hydrogen) atoms. The fourth-order valence-corrected chi connectivity index (χ4v) is 4.32. The van der Waals surface area contributed by atoms with E-state index in [1.807, 2.05) is 19.9 Å². The molecule has 0 atom stereocenters. The van der Waals surface area contributed by atoms with Crippen molar-refractivity contribution in [3.05, 3.63) is 52.2 Å². The second kappa shape index (κ2) is 7.50. The number of benzene rings is 1. The molecule has 148 valence electrons. The Morgan fingerprint density at radius 3 is 2.50 bits per heavy atom. The third-order valence-corrected chi connectivity index (χ3v) is 7.01. The van der Waals surface area contributed by atoms with Crippen LogP contribution in [0.4, 0.5) is 5.69 Å². The van der Waals surface area contributed by atoms with Gasteiger partial charge in [-0.05, 0) is 56.2 Å². The number of amides is 1. The normalized spacial score (nSPS) is 11.8. The molecule has 3 aromatic rings. The first kappa shape index (κ1) is 20.2. The van der Waals surface area contributed by atoms with Gasteiger partial charge in [0.05, 0.1) is 4.90 Å². The summed E-state index contributed by atoms with van der Waals surface area (Å²) in [6, 6.07) is 6.71. The molecule has 0 fully saturated rings. The molecule has 2 heterocycles. The standard InChI is InChI=1S/C19H21N3O4S2/c1-11-8-14(28(24,25)22(4)5)9-15(13(11)3)20-18(23)16-10-27-19(21-16)17-7-6-12(2)26-17/h6-10H,1-5H3,(H,20,23). The van der Waals surface area contributed by atoms with Gasteiger partial charge in [0.25, 0.3) is 5.91 Å². The number of thiazole rings is 1. The number of hydrogen-bond acceptors (Lipinski definition) is 6. The van der Waals surface area contributed by atoms with Crippen LogP contribution in [0.2, 0.25) is 0 Å². The zero-order valence-corrected chi connectivity index (χ0v) is 17.9. The van der Waals surface area contributed by atoms with Crippen LogP contribution in [0.25, 0.3) is 10.8 Å². The number of anilines is 1. The molecule has 1 N–H and O–H groups in total. The number of nitrogens with zero attached hydrogens (tertiary/aromatic N) is 2. The van der Waals surface area contributed by atoms with Crippen molar-refractivity contribution in [1.82, 2.24) is 9.29 Å². The highest BCUT2D eigenvalue weighted by Gasteiger charge is 2.21. The minimum Gasteiger partial charge on any atom is -0.459 e. The highest BCUT2D eigenvalue weighted by molar-refractivity contribution is 7.89. The number of carbonyl (C=O) groups is 1. The van der Waals surface area contributed by atoms with Gasteiger partial charge in [0.1, 0.15) is 11.5 Å². The lowest BCUT2D eigenvalue weighted by molar-refractivity contribution is 0.102. The second-order valence-electron chi connectivity index (χ2n) is 6.60. The Hall–Kier alpha value is -2.49. The molecular weight excluding hydrogens is 398 g/mol. The van der Waals surface area contributed by atoms with E-state index < -0.39 is 15.9 Å². The Kier molecular flexibility index (Phi) is 5.42. The molecule has 9 heteroatoms. The highest BCUT2D eigenvalue weighted by Crippen LogP contribution is 2.28. The van der Waals surface area contributed by atoms with Crippen LogP contribution in [0, 0.1) is 20.8 Å². The van der Waals surface area contributed by atoms with Crippen LogP contribution < -0.4 is 5.32 Å². The number of carbonyl (C=O) groups excluding carboxylic acids is 1. The minimum absolute atomic E-state index is 0.126. The van der Waals surface area contributed by atoms with E-state index in [1.165, 1.54) is 31.5 Å². The van der Waals surface area contributed by atoms with Crippen molar-refractivity contribution >= 4 is 33.0 Å². The Bertz CT molecular complexity index is 1140. The van der Waals surface area contributed by atoms with Gasteiger partial charge in [-0.3, -0.25) is 4.79 Å². The van der Waals surface area contributed by atoms with Crippen molar-refractivity contribution in [3.8, 4) is 10.8 Å². The van der Waals surface area contributed by atoms with Crippen LogP contribution in [-0.2, 0) is 10.0 Å². The molecule has 0 bridgehead atoms. The monoisotopic (exact) mass is 419 g/mol. The average Bonchev–Trinajstić information content (AvgIpc) is 3.27. The van der Waals surface area contributed by atoms with Gasteiger partial charge < -0.3 is 9.73 Å². The van der Waals surface area contributed by atoms with Crippen LogP contribution in [0.3, 0.4) is 0 Å². The van der Waals surface area contributed by atoms with E-state index in [4.69, 9.17) is 4.42 Å². The summed E-state index contributed by atoms with van der Waals surface area (Å²) in [5.74, 6) is 0.960. The summed E-state index contributed by atoms with van der Waals surface area (Å²) < 4.78 is 31.6. The molecule has 3 rings (SSSR count). The number of aryl methyl sites for hydroxylation is 2. The Balaban J connectivity index is 1.90. The summed E-state index contributed by atoms with van der Waals surface area (Å²) in [6.07, 6.45) is 0. The van der Waals surface area contributed by atoms with Gasteiger partial charge in [-0.15, -0.1) is 11.3 Å². The second-order valence-corrected chi connectivity index (χ2v) is 9.61. The molecule has 1 aromatic carbocycles. The fourth-order valence-electron chi connectivity index (χ4n) is 2.54. The maximum Gasteiger partial charge on any atom is 0.275 e. The third kappa shape index (κ3) is 3.87. The van der Waals surface area contributed by atoms with E-state index in [9.17, 15) is 13.2 Å². The number of furan rings is 1. The largest absolute Gasteiger partial charge is 0.459 e. The maximum absolute atomic E-state index is 12.7. The van der Waals surface area contributed by atoms with Gasteiger partial charge >= 0.3 is 0 Å². The number of aromatic nitrogens is 1. The highest BCUT2D eigenvalue weighted by atomic mass is 32.2. The number of sulfonamides is 1. The fraction of sp³-hybridized carbons (Fsp3) is 0.263. The number of rotatable bonds is 5. The van der Waals surface area contributed by atoms with E-state index in [0.717, 1.165) is 21.2 Å². The van der Waals surface area contributed by atoms with E-state index >= 15 is 0 Å². The summed E-state index contributed by atoms with van der Waals surface area (Å²) >= 11 is 1.31. The van der Waals surface area contributed by atoms with E-state index in [2.05, 4.69) is 10.3 Å². The molecule has 0 aliphatic carbocycles. The lowest BCUT2D eigenvalue weighted by Crippen LogP contribution is -2.23. The maximum atomic E-state index is 12.7. The molecule has 0 unspecified atom stereocenters. The Morgan fingerprint density at radius 2 is 1.89 bits per heavy atom. The molecule has 0 saturated carbocycles. The van der Waals surface area contributed by atoms with Gasteiger partial charge in [0.2, 0.25) is 10.0 Å². The number of hydrogen-bond donors (Lipinski definition) is 1. The summed E-state index contributed by atoms with van der Waals surface area (Å²) in [6.45, 7) is 5.47. The molecule has 0 radical (unpaired) electrons. The van der Waals surface area contributed by atoms with E-state index in [-0.39, 0.29) is 10.6 Å². The molecule has 0 aliphatic heterocycles. The molecule has 7 nitrogen and oxygen atoms in total. The topological polar surface area (TPSA) is 92.5 Å². The smallest absolute Gasteiger partial charge is 0.275 e. The van der Waals surface area contributed by atoms with Gasteiger partial charge in [0, 0.05) is 25.2 Å². The van der Waals surface area contributed by atoms with Crippen molar-refractivity contribution < 1.29 is 17.6 Å². The van der Waals surface area contributed by atoms with Gasteiger partial charge in [-0.25, -0.2) is 17.7 Å². The zero-order chi connectivity index (χ0) is 20.6.